The first-order valence-corrected chi connectivity index (χ1v) is 8.65. The molecule has 1 saturated carbocycles. The van der Waals surface area contributed by atoms with Gasteiger partial charge in [-0.05, 0) is 61.6 Å². The third-order valence-electron chi connectivity index (χ3n) is 4.44. The third kappa shape index (κ3) is 4.70. The van der Waals surface area contributed by atoms with Gasteiger partial charge in [0, 0.05) is 5.88 Å². The summed E-state index contributed by atoms with van der Waals surface area (Å²) in [5.41, 5.74) is 1.49. The molecule has 0 aliphatic heterocycles. The second-order valence-corrected chi connectivity index (χ2v) is 6.34. The predicted octanol–water partition coefficient (Wildman–Crippen LogP) is 5.77. The van der Waals surface area contributed by atoms with E-state index in [4.69, 9.17) is 16.3 Å². The lowest BCUT2D eigenvalue weighted by Gasteiger charge is -2.28. The molecule has 0 amide bonds. The van der Waals surface area contributed by atoms with Crippen LogP contribution < -0.4 is 4.74 Å². The molecular weight excluding hydrogens is 268 g/mol. The minimum Gasteiger partial charge on any atom is -0.494 e. The van der Waals surface area contributed by atoms with E-state index in [0.29, 0.717) is 12.5 Å². The fourth-order valence-corrected chi connectivity index (χ4v) is 3.38. The maximum absolute atomic E-state index is 5.65. The van der Waals surface area contributed by atoms with Crippen molar-refractivity contribution in [3.63, 3.8) is 0 Å². The molecule has 20 heavy (non-hydrogen) atoms. The lowest BCUT2D eigenvalue weighted by atomic mass is 9.77. The molecule has 0 bridgehead atoms. The molecule has 112 valence electrons. The number of hydrogen-bond acceptors (Lipinski definition) is 1. The Labute approximate surface area is 128 Å². The Morgan fingerprint density at radius 3 is 2.40 bits per heavy atom. The summed E-state index contributed by atoms with van der Waals surface area (Å²) in [4.78, 5) is 0. The molecule has 1 aromatic carbocycles. The van der Waals surface area contributed by atoms with Gasteiger partial charge in [0.15, 0.2) is 0 Å². The van der Waals surface area contributed by atoms with Gasteiger partial charge in [0.05, 0.1) is 6.61 Å². The van der Waals surface area contributed by atoms with Gasteiger partial charge < -0.3 is 4.74 Å². The van der Waals surface area contributed by atoms with Crippen molar-refractivity contribution in [2.75, 3.05) is 12.5 Å². The van der Waals surface area contributed by atoms with Crippen molar-refractivity contribution in [1.82, 2.24) is 0 Å². The van der Waals surface area contributed by atoms with E-state index in [2.05, 4.69) is 31.2 Å². The van der Waals surface area contributed by atoms with E-state index in [1.807, 2.05) is 0 Å². The van der Waals surface area contributed by atoms with Crippen LogP contribution in [0, 0.1) is 5.92 Å². The maximum atomic E-state index is 5.65. The summed E-state index contributed by atoms with van der Waals surface area (Å²) in [5, 5.41) is 0. The molecule has 0 spiro atoms. The van der Waals surface area contributed by atoms with Crippen LogP contribution in [0.5, 0.6) is 5.75 Å². The largest absolute Gasteiger partial charge is 0.494 e. The molecule has 0 N–H and O–H groups in total. The Kier molecular flexibility index (Phi) is 6.72. The van der Waals surface area contributed by atoms with Gasteiger partial charge in [-0.3, -0.25) is 0 Å². The minimum atomic E-state index is 0.666. The zero-order valence-electron chi connectivity index (χ0n) is 12.6. The first-order chi connectivity index (χ1) is 9.83. The molecule has 1 aliphatic rings. The SMILES string of the molecule is CCCC1CCC(c2ccc(OCCCCl)cc2)CC1. The first-order valence-electron chi connectivity index (χ1n) is 8.12. The van der Waals surface area contributed by atoms with Gasteiger partial charge in [-0.15, -0.1) is 11.6 Å². The van der Waals surface area contributed by atoms with E-state index < -0.39 is 0 Å². The Hall–Kier alpha value is -0.690. The number of alkyl halides is 1. The topological polar surface area (TPSA) is 9.23 Å². The van der Waals surface area contributed by atoms with Crippen molar-refractivity contribution < 1.29 is 4.74 Å². The lowest BCUT2D eigenvalue weighted by Crippen LogP contribution is -2.13. The van der Waals surface area contributed by atoms with E-state index in [9.17, 15) is 0 Å². The van der Waals surface area contributed by atoms with Crippen LogP contribution in [0.3, 0.4) is 0 Å². The number of ether oxygens (including phenoxy) is 1. The van der Waals surface area contributed by atoms with Crippen LogP contribution in [0.4, 0.5) is 0 Å². The normalized spacial score (nSPS) is 22.7. The summed E-state index contributed by atoms with van der Waals surface area (Å²) in [5.74, 6) is 3.38. The Balaban J connectivity index is 1.81. The van der Waals surface area contributed by atoms with E-state index in [-0.39, 0.29) is 0 Å². The Morgan fingerprint density at radius 2 is 1.80 bits per heavy atom. The molecule has 2 heteroatoms. The van der Waals surface area contributed by atoms with Crippen molar-refractivity contribution in [1.29, 1.82) is 0 Å². The van der Waals surface area contributed by atoms with Crippen LogP contribution in [0.15, 0.2) is 24.3 Å². The fraction of sp³-hybridized carbons (Fsp3) is 0.667. The molecule has 0 atom stereocenters. The van der Waals surface area contributed by atoms with E-state index in [1.165, 1.54) is 44.1 Å². The molecular formula is C18H27ClO. The van der Waals surface area contributed by atoms with Crippen molar-refractivity contribution in [3.8, 4) is 5.75 Å². The van der Waals surface area contributed by atoms with Gasteiger partial charge in [-0.2, -0.15) is 0 Å². The third-order valence-corrected chi connectivity index (χ3v) is 4.71. The smallest absolute Gasteiger partial charge is 0.119 e. The number of hydrogen-bond donors (Lipinski definition) is 0. The zero-order chi connectivity index (χ0) is 14.2. The van der Waals surface area contributed by atoms with Gasteiger partial charge >= 0.3 is 0 Å². The summed E-state index contributed by atoms with van der Waals surface area (Å²) in [7, 11) is 0. The minimum absolute atomic E-state index is 0.666. The van der Waals surface area contributed by atoms with E-state index in [1.54, 1.807) is 0 Å². The first kappa shape index (κ1) is 15.7. The standard InChI is InChI=1S/C18H27ClO/c1-2-4-15-5-7-16(8-6-15)17-9-11-18(12-10-17)20-14-3-13-19/h9-12,15-16H,2-8,13-14H2,1H3. The molecule has 1 aliphatic carbocycles. The highest BCUT2D eigenvalue weighted by molar-refractivity contribution is 6.17. The average Bonchev–Trinajstić information content (AvgIpc) is 2.49. The number of halogens is 1. The number of rotatable bonds is 7. The fourth-order valence-electron chi connectivity index (χ4n) is 3.27. The van der Waals surface area contributed by atoms with Crippen molar-refractivity contribution in [2.24, 2.45) is 5.92 Å². The quantitative estimate of drug-likeness (QED) is 0.458. The van der Waals surface area contributed by atoms with Crippen LogP contribution in [-0.4, -0.2) is 12.5 Å². The summed E-state index contributed by atoms with van der Waals surface area (Å²) in [6.45, 7) is 3.01. The molecule has 0 heterocycles. The molecule has 0 unspecified atom stereocenters. The molecule has 0 radical (unpaired) electrons. The van der Waals surface area contributed by atoms with Gasteiger partial charge in [0.25, 0.3) is 0 Å². The summed E-state index contributed by atoms with van der Waals surface area (Å²) in [6.07, 6.45) is 9.20. The second-order valence-electron chi connectivity index (χ2n) is 5.97. The van der Waals surface area contributed by atoms with Crippen LogP contribution >= 0.6 is 11.6 Å². The van der Waals surface area contributed by atoms with Gasteiger partial charge in [0.2, 0.25) is 0 Å². The molecule has 1 nitrogen and oxygen atoms in total. The van der Waals surface area contributed by atoms with Crippen LogP contribution in [-0.2, 0) is 0 Å². The van der Waals surface area contributed by atoms with Crippen LogP contribution in [0.25, 0.3) is 0 Å². The average molecular weight is 295 g/mol. The highest BCUT2D eigenvalue weighted by Gasteiger charge is 2.21. The maximum Gasteiger partial charge on any atom is 0.119 e. The van der Waals surface area contributed by atoms with E-state index in [0.717, 1.165) is 24.0 Å². The lowest BCUT2D eigenvalue weighted by molar-refractivity contribution is 0.307. The molecule has 0 aromatic heterocycles. The van der Waals surface area contributed by atoms with Gasteiger partial charge in [-0.1, -0.05) is 31.9 Å². The van der Waals surface area contributed by atoms with Crippen LogP contribution in [0.2, 0.25) is 0 Å². The van der Waals surface area contributed by atoms with Gasteiger partial charge in [0.1, 0.15) is 5.75 Å². The molecule has 0 saturated heterocycles. The van der Waals surface area contributed by atoms with Gasteiger partial charge in [-0.25, -0.2) is 0 Å². The number of benzene rings is 1. The molecule has 1 fully saturated rings. The second kappa shape index (κ2) is 8.56. The predicted molar refractivity (Wildman–Crippen MR) is 86.9 cm³/mol. The summed E-state index contributed by atoms with van der Waals surface area (Å²) < 4.78 is 5.65. The summed E-state index contributed by atoms with van der Waals surface area (Å²) >= 11 is 5.65. The van der Waals surface area contributed by atoms with Crippen molar-refractivity contribution in [2.45, 2.75) is 57.8 Å². The molecule has 1 aromatic rings. The highest BCUT2D eigenvalue weighted by atomic mass is 35.5. The molecule has 2 rings (SSSR count). The Morgan fingerprint density at radius 1 is 1.10 bits per heavy atom. The highest BCUT2D eigenvalue weighted by Crippen LogP contribution is 2.37. The van der Waals surface area contributed by atoms with Crippen molar-refractivity contribution in [3.05, 3.63) is 29.8 Å². The van der Waals surface area contributed by atoms with Crippen molar-refractivity contribution >= 4 is 11.6 Å². The van der Waals surface area contributed by atoms with E-state index >= 15 is 0 Å². The summed E-state index contributed by atoms with van der Waals surface area (Å²) in [6, 6.07) is 8.73. The monoisotopic (exact) mass is 294 g/mol. The van der Waals surface area contributed by atoms with Crippen LogP contribution in [0.1, 0.15) is 63.4 Å². The zero-order valence-corrected chi connectivity index (χ0v) is 13.4. The Bertz CT molecular complexity index is 366.